The number of nitrogens with zero attached hydrogens (tertiary/aromatic N) is 5. The summed E-state index contributed by atoms with van der Waals surface area (Å²) in [5.41, 5.74) is 0.836. The lowest BCUT2D eigenvalue weighted by atomic mass is 10.1. The fourth-order valence-corrected chi connectivity index (χ4v) is 4.16. The number of benzene rings is 1. The molecule has 3 rings (SSSR count). The van der Waals surface area contributed by atoms with E-state index in [-0.39, 0.29) is 25.5 Å². The van der Waals surface area contributed by atoms with Crippen LogP contribution in [0.5, 0.6) is 5.88 Å². The molecule has 0 spiro atoms. The normalized spacial score (nSPS) is 11.6. The van der Waals surface area contributed by atoms with Crippen molar-refractivity contribution in [1.29, 1.82) is 5.26 Å². The van der Waals surface area contributed by atoms with Crippen molar-refractivity contribution in [3.63, 3.8) is 0 Å². The van der Waals surface area contributed by atoms with Crippen LogP contribution >= 0.6 is 0 Å². The zero-order chi connectivity index (χ0) is 35.2. The summed E-state index contributed by atoms with van der Waals surface area (Å²) in [6.07, 6.45) is 1.59. The van der Waals surface area contributed by atoms with Gasteiger partial charge in [-0.2, -0.15) is 10.4 Å². The van der Waals surface area contributed by atoms with Gasteiger partial charge in [0, 0.05) is 35.6 Å². The number of esters is 1. The molecule has 0 aliphatic carbocycles. The molecule has 0 aliphatic heterocycles. The zero-order valence-corrected chi connectivity index (χ0v) is 28.3. The van der Waals surface area contributed by atoms with Gasteiger partial charge in [-0.15, -0.1) is 0 Å². The Kier molecular flexibility index (Phi) is 14.2. The number of ether oxygens (including phenoxy) is 6. The van der Waals surface area contributed by atoms with Gasteiger partial charge < -0.3 is 33.7 Å². The van der Waals surface area contributed by atoms with E-state index >= 15 is 0 Å². The predicted molar refractivity (Wildman–Crippen MR) is 176 cm³/mol. The van der Waals surface area contributed by atoms with Crippen LogP contribution < -0.4 is 10.1 Å². The van der Waals surface area contributed by atoms with E-state index in [0.29, 0.717) is 73.8 Å². The summed E-state index contributed by atoms with van der Waals surface area (Å²) in [7, 11) is 0. The molecule has 2 aromatic heterocycles. The van der Waals surface area contributed by atoms with Crippen molar-refractivity contribution in [3.8, 4) is 23.2 Å². The van der Waals surface area contributed by atoms with E-state index in [1.54, 1.807) is 55.9 Å². The summed E-state index contributed by atoms with van der Waals surface area (Å²) in [6.45, 7) is 13.9. The number of nitriles is 1. The highest BCUT2D eigenvalue weighted by molar-refractivity contribution is 5.77. The Labute approximate surface area is 280 Å². The van der Waals surface area contributed by atoms with Gasteiger partial charge in [0.15, 0.2) is 0 Å². The maximum atomic E-state index is 11.6. The molecule has 0 unspecified atom stereocenters. The number of nitro benzene ring substituents is 1. The van der Waals surface area contributed by atoms with Crippen molar-refractivity contribution in [2.24, 2.45) is 0 Å². The molecule has 0 bridgehead atoms. The van der Waals surface area contributed by atoms with E-state index in [2.05, 4.69) is 16.4 Å². The summed E-state index contributed by atoms with van der Waals surface area (Å²) in [5.74, 6) is 0.422. The first-order valence-electron chi connectivity index (χ1n) is 15.5. The second-order valence-electron chi connectivity index (χ2n) is 12.4. The fraction of sp³-hybridized carbons (Fsp3) is 0.515. The molecule has 0 saturated carbocycles. The molecule has 2 heterocycles. The van der Waals surface area contributed by atoms with Gasteiger partial charge in [-0.1, -0.05) is 0 Å². The van der Waals surface area contributed by atoms with Gasteiger partial charge in [-0.25, -0.2) is 14.5 Å². The lowest BCUT2D eigenvalue weighted by Crippen LogP contribution is -2.27. The average molecular weight is 669 g/mol. The molecule has 1 aromatic carbocycles. The molecule has 0 atom stereocenters. The van der Waals surface area contributed by atoms with Crippen molar-refractivity contribution < 1.29 is 38.1 Å². The summed E-state index contributed by atoms with van der Waals surface area (Å²) < 4.78 is 34.3. The van der Waals surface area contributed by atoms with Crippen molar-refractivity contribution in [1.82, 2.24) is 14.8 Å². The van der Waals surface area contributed by atoms with Gasteiger partial charge in [0.1, 0.15) is 42.0 Å². The molecule has 15 heteroatoms. The summed E-state index contributed by atoms with van der Waals surface area (Å²) in [5, 5.41) is 29.2. The van der Waals surface area contributed by atoms with Crippen LogP contribution in [-0.2, 0) is 34.0 Å². The zero-order valence-electron chi connectivity index (χ0n) is 28.3. The minimum Gasteiger partial charge on any atom is -0.475 e. The first-order chi connectivity index (χ1) is 22.8. The number of hydrogen-bond donors (Lipinski definition) is 1. The van der Waals surface area contributed by atoms with Crippen LogP contribution in [0.1, 0.15) is 47.1 Å². The lowest BCUT2D eigenvalue weighted by Gasteiger charge is -2.23. The highest BCUT2D eigenvalue weighted by atomic mass is 16.6. The Morgan fingerprint density at radius 2 is 1.50 bits per heavy atom. The topological polar surface area (TPSA) is 182 Å². The molecule has 15 nitrogen and oxygen atoms in total. The maximum absolute atomic E-state index is 11.6. The number of anilines is 2. The molecule has 0 saturated heterocycles. The second-order valence-corrected chi connectivity index (χ2v) is 12.4. The molecule has 0 radical (unpaired) electrons. The predicted octanol–water partition coefficient (Wildman–Crippen LogP) is 5.01. The molecule has 1 N–H and O–H groups in total. The molecule has 0 fully saturated rings. The van der Waals surface area contributed by atoms with Crippen LogP contribution in [0.4, 0.5) is 17.2 Å². The van der Waals surface area contributed by atoms with Crippen molar-refractivity contribution in [2.75, 3.05) is 64.8 Å². The highest BCUT2D eigenvalue weighted by Gasteiger charge is 2.26. The van der Waals surface area contributed by atoms with Crippen LogP contribution in [0.25, 0.3) is 11.3 Å². The number of pyridine rings is 1. The minimum atomic E-state index is -0.537. The fourth-order valence-electron chi connectivity index (χ4n) is 4.16. The Morgan fingerprint density at radius 3 is 2.04 bits per heavy atom. The number of non-ortho nitro benzene ring substituents is 1. The Hall–Kier alpha value is -4.62. The molecule has 48 heavy (non-hydrogen) atoms. The summed E-state index contributed by atoms with van der Waals surface area (Å²) >= 11 is 0. The Balaban J connectivity index is 1.40. The molecule has 0 aliphatic rings. The van der Waals surface area contributed by atoms with Crippen LogP contribution in [0.2, 0.25) is 0 Å². The van der Waals surface area contributed by atoms with Crippen LogP contribution in [0.15, 0.2) is 42.6 Å². The van der Waals surface area contributed by atoms with E-state index in [0.717, 1.165) is 0 Å². The number of nitrogens with one attached hydrogen (secondary N) is 1. The number of rotatable bonds is 19. The third-order valence-electron chi connectivity index (χ3n) is 6.22. The largest absolute Gasteiger partial charge is 0.475 e. The number of nitro groups is 1. The lowest BCUT2D eigenvalue weighted by molar-refractivity contribution is -0.384. The smallest absolute Gasteiger partial charge is 0.332 e. The number of carbonyl (C=O) groups is 1. The van der Waals surface area contributed by atoms with Crippen LogP contribution in [-0.4, -0.2) is 90.7 Å². The monoisotopic (exact) mass is 668 g/mol. The van der Waals surface area contributed by atoms with Crippen molar-refractivity contribution in [3.05, 3.63) is 58.3 Å². The van der Waals surface area contributed by atoms with E-state index in [1.807, 2.05) is 20.8 Å². The Bertz CT molecular complexity index is 1520. The van der Waals surface area contributed by atoms with Gasteiger partial charge >= 0.3 is 5.97 Å². The third-order valence-corrected chi connectivity index (χ3v) is 6.22. The van der Waals surface area contributed by atoms with E-state index < -0.39 is 22.0 Å². The first kappa shape index (κ1) is 37.8. The number of carbonyl (C=O) groups excluding carboxylic acids is 1. The van der Waals surface area contributed by atoms with Crippen molar-refractivity contribution in [2.45, 2.75) is 52.7 Å². The highest BCUT2D eigenvalue weighted by Crippen LogP contribution is 2.35. The first-order valence-corrected chi connectivity index (χ1v) is 15.5. The summed E-state index contributed by atoms with van der Waals surface area (Å²) in [4.78, 5) is 26.4. The van der Waals surface area contributed by atoms with Crippen LogP contribution in [0, 0.1) is 21.4 Å². The van der Waals surface area contributed by atoms with Gasteiger partial charge in [0.25, 0.3) is 5.69 Å². The van der Waals surface area contributed by atoms with Gasteiger partial charge in [-0.3, -0.25) is 10.1 Å². The molecule has 3 aromatic rings. The van der Waals surface area contributed by atoms with Gasteiger partial charge in [0.05, 0.1) is 56.7 Å². The molecule has 0 amide bonds. The van der Waals surface area contributed by atoms with Crippen LogP contribution in [0.3, 0.4) is 0 Å². The van der Waals surface area contributed by atoms with Gasteiger partial charge in [-0.05, 0) is 59.7 Å². The average Bonchev–Trinajstić information content (AvgIpc) is 3.39. The maximum Gasteiger partial charge on any atom is 0.332 e. The SMILES string of the molecule is CC(C)(C)OC(=O)COCCOCCOCCOCCOc1cc(Nc2c(C#N)c(-c3ccc([N+](=O)[O-])cc3)nn2C(C)(C)C)ccn1. The van der Waals surface area contributed by atoms with E-state index in [4.69, 9.17) is 33.5 Å². The number of aromatic nitrogens is 3. The Morgan fingerprint density at radius 1 is 0.917 bits per heavy atom. The quantitative estimate of drug-likeness (QED) is 0.0779. The molecular formula is C33H44N6O9. The molecule has 260 valence electrons. The van der Waals surface area contributed by atoms with E-state index in [1.165, 1.54) is 12.1 Å². The van der Waals surface area contributed by atoms with Crippen molar-refractivity contribution >= 4 is 23.2 Å². The standard InChI is InChI=1S/C33H44N6O9/c1-32(2,3)38-31(27(22-34)30(37-38)24-7-9-26(10-8-24)39(41)42)36-25-11-12-35-28(21-25)47-20-19-45-16-15-43-13-14-44-17-18-46-23-29(40)48-33(4,5)6/h7-12,21H,13-20,23H2,1-6H3,(H,35,36). The van der Waals surface area contributed by atoms with E-state index in [9.17, 15) is 20.2 Å². The van der Waals surface area contributed by atoms with Gasteiger partial charge in [0.2, 0.25) is 5.88 Å². The number of hydrogen-bond acceptors (Lipinski definition) is 13. The molecular weight excluding hydrogens is 624 g/mol. The minimum absolute atomic E-state index is 0.0482. The third kappa shape index (κ3) is 12.5. The summed E-state index contributed by atoms with van der Waals surface area (Å²) in [6, 6.07) is 11.6. The second kappa shape index (κ2) is 18.1.